The first-order chi connectivity index (χ1) is 10.5. The van der Waals surface area contributed by atoms with Crippen molar-refractivity contribution >= 4 is 17.3 Å². The van der Waals surface area contributed by atoms with Crippen molar-refractivity contribution in [1.29, 1.82) is 0 Å². The van der Waals surface area contributed by atoms with Crippen LogP contribution in [0.2, 0.25) is 0 Å². The second-order valence-corrected chi connectivity index (χ2v) is 8.23. The highest BCUT2D eigenvalue weighted by molar-refractivity contribution is 7.11. The number of rotatable bonds is 4. The number of hydrogen-bond donors (Lipinski definition) is 1. The molecule has 2 aliphatic rings. The number of likely N-dealkylation sites (tertiary alicyclic amines) is 1. The number of thiazole rings is 1. The van der Waals surface area contributed by atoms with E-state index in [2.05, 4.69) is 16.8 Å². The Morgan fingerprint density at radius 1 is 1.27 bits per heavy atom. The normalized spacial score (nSPS) is 27.4. The van der Waals surface area contributed by atoms with E-state index >= 15 is 0 Å². The smallest absolute Gasteiger partial charge is 0.308 e. The van der Waals surface area contributed by atoms with E-state index in [1.54, 1.807) is 11.3 Å². The average molecular weight is 322 g/mol. The summed E-state index contributed by atoms with van der Waals surface area (Å²) in [5.74, 6) is 0.170. The van der Waals surface area contributed by atoms with Gasteiger partial charge in [-0.2, -0.15) is 0 Å². The van der Waals surface area contributed by atoms with Gasteiger partial charge < -0.3 is 5.11 Å². The summed E-state index contributed by atoms with van der Waals surface area (Å²) in [6, 6.07) is 0. The third-order valence-electron chi connectivity index (χ3n) is 5.38. The zero-order chi connectivity index (χ0) is 15.7. The zero-order valence-electron chi connectivity index (χ0n) is 13.5. The highest BCUT2D eigenvalue weighted by atomic mass is 32.1. The van der Waals surface area contributed by atoms with Gasteiger partial charge in [0, 0.05) is 24.5 Å². The van der Waals surface area contributed by atoms with Gasteiger partial charge in [-0.15, -0.1) is 11.3 Å². The van der Waals surface area contributed by atoms with E-state index < -0.39 is 5.97 Å². The van der Waals surface area contributed by atoms with E-state index in [-0.39, 0.29) is 5.92 Å². The highest BCUT2D eigenvalue weighted by Gasteiger charge is 2.42. The van der Waals surface area contributed by atoms with Gasteiger partial charge >= 0.3 is 5.97 Å². The Morgan fingerprint density at radius 2 is 2.00 bits per heavy atom. The maximum absolute atomic E-state index is 11.7. The lowest BCUT2D eigenvalue weighted by atomic mass is 9.75. The third-order valence-corrected chi connectivity index (χ3v) is 6.44. The van der Waals surface area contributed by atoms with Crippen LogP contribution in [-0.4, -0.2) is 34.0 Å². The molecule has 1 aliphatic carbocycles. The largest absolute Gasteiger partial charge is 0.481 e. The number of aliphatic carboxylic acids is 1. The van der Waals surface area contributed by atoms with Gasteiger partial charge in [0.25, 0.3) is 0 Å². The molecule has 4 nitrogen and oxygen atoms in total. The SMILES string of the molecule is Cc1nc(C)c(CN2C[C@H](C(=O)O)[C@@H](C3CCCCC3)C2)s1. The highest BCUT2D eigenvalue weighted by Crippen LogP contribution is 2.39. The third kappa shape index (κ3) is 3.35. The van der Waals surface area contributed by atoms with Crippen LogP contribution >= 0.6 is 11.3 Å². The summed E-state index contributed by atoms with van der Waals surface area (Å²) in [7, 11) is 0. The van der Waals surface area contributed by atoms with Gasteiger partial charge in [-0.05, 0) is 25.7 Å². The minimum Gasteiger partial charge on any atom is -0.481 e. The second kappa shape index (κ2) is 6.67. The molecule has 1 N–H and O–H groups in total. The predicted molar refractivity (Wildman–Crippen MR) is 88.1 cm³/mol. The van der Waals surface area contributed by atoms with Crippen molar-refractivity contribution in [2.24, 2.45) is 17.8 Å². The Bertz CT molecular complexity index is 537. The van der Waals surface area contributed by atoms with Crippen molar-refractivity contribution in [3.8, 4) is 0 Å². The molecule has 0 unspecified atom stereocenters. The van der Waals surface area contributed by atoms with Gasteiger partial charge in [-0.1, -0.05) is 32.1 Å². The van der Waals surface area contributed by atoms with Crippen LogP contribution in [0.5, 0.6) is 0 Å². The maximum Gasteiger partial charge on any atom is 0.308 e. The Morgan fingerprint density at radius 3 is 2.59 bits per heavy atom. The number of nitrogens with zero attached hydrogens (tertiary/aromatic N) is 2. The summed E-state index contributed by atoms with van der Waals surface area (Å²) in [6.45, 7) is 6.60. The van der Waals surface area contributed by atoms with Crippen LogP contribution in [0, 0.1) is 31.6 Å². The molecule has 5 heteroatoms. The lowest BCUT2D eigenvalue weighted by Crippen LogP contribution is -2.29. The van der Waals surface area contributed by atoms with Crippen molar-refractivity contribution in [3.05, 3.63) is 15.6 Å². The fourth-order valence-electron chi connectivity index (χ4n) is 4.27. The molecular weight excluding hydrogens is 296 g/mol. The summed E-state index contributed by atoms with van der Waals surface area (Å²) in [4.78, 5) is 19.8. The number of aryl methyl sites for hydroxylation is 2. The van der Waals surface area contributed by atoms with Gasteiger partial charge in [0.1, 0.15) is 0 Å². The van der Waals surface area contributed by atoms with Gasteiger partial charge in [0.05, 0.1) is 16.6 Å². The molecule has 122 valence electrons. The number of hydrogen-bond acceptors (Lipinski definition) is 4. The van der Waals surface area contributed by atoms with Crippen LogP contribution in [0.4, 0.5) is 0 Å². The number of carboxylic acids is 1. The minimum atomic E-state index is -0.602. The first-order valence-electron chi connectivity index (χ1n) is 8.42. The van der Waals surface area contributed by atoms with Crippen molar-refractivity contribution in [1.82, 2.24) is 9.88 Å². The van der Waals surface area contributed by atoms with Crippen molar-refractivity contribution in [2.45, 2.75) is 52.5 Å². The zero-order valence-corrected chi connectivity index (χ0v) is 14.4. The average Bonchev–Trinajstić information content (AvgIpc) is 3.04. The van der Waals surface area contributed by atoms with E-state index in [0.717, 1.165) is 23.8 Å². The van der Waals surface area contributed by atoms with E-state index in [0.29, 0.717) is 18.4 Å². The van der Waals surface area contributed by atoms with E-state index in [4.69, 9.17) is 0 Å². The van der Waals surface area contributed by atoms with Crippen LogP contribution in [-0.2, 0) is 11.3 Å². The van der Waals surface area contributed by atoms with Crippen molar-refractivity contribution < 1.29 is 9.90 Å². The van der Waals surface area contributed by atoms with E-state index in [1.165, 1.54) is 37.0 Å². The fourth-order valence-corrected chi connectivity index (χ4v) is 5.25. The van der Waals surface area contributed by atoms with Crippen LogP contribution in [0.1, 0.15) is 47.7 Å². The van der Waals surface area contributed by atoms with Gasteiger partial charge in [-0.25, -0.2) is 4.98 Å². The lowest BCUT2D eigenvalue weighted by Gasteiger charge is -2.29. The minimum absolute atomic E-state index is 0.183. The van der Waals surface area contributed by atoms with E-state index in [1.807, 2.05) is 6.92 Å². The summed E-state index contributed by atoms with van der Waals surface area (Å²) in [5, 5.41) is 10.7. The molecule has 2 fully saturated rings. The van der Waals surface area contributed by atoms with Crippen LogP contribution < -0.4 is 0 Å². The Hall–Kier alpha value is -0.940. The lowest BCUT2D eigenvalue weighted by molar-refractivity contribution is -0.143. The van der Waals surface area contributed by atoms with Crippen molar-refractivity contribution in [3.63, 3.8) is 0 Å². The quantitative estimate of drug-likeness (QED) is 0.922. The maximum atomic E-state index is 11.7. The molecule has 22 heavy (non-hydrogen) atoms. The van der Waals surface area contributed by atoms with Gasteiger partial charge in [0.2, 0.25) is 0 Å². The summed E-state index contributed by atoms with van der Waals surface area (Å²) >= 11 is 1.75. The molecule has 1 aromatic rings. The van der Waals surface area contributed by atoms with E-state index in [9.17, 15) is 9.90 Å². The number of carbonyl (C=O) groups is 1. The number of carboxylic acid groups (broad SMARTS) is 1. The first-order valence-corrected chi connectivity index (χ1v) is 9.24. The fraction of sp³-hybridized carbons (Fsp3) is 0.765. The van der Waals surface area contributed by atoms with Crippen LogP contribution in [0.25, 0.3) is 0 Å². The Labute approximate surface area is 136 Å². The molecule has 1 saturated heterocycles. The van der Waals surface area contributed by atoms with Gasteiger partial charge in [-0.3, -0.25) is 9.69 Å². The second-order valence-electron chi connectivity index (χ2n) is 6.94. The van der Waals surface area contributed by atoms with Gasteiger partial charge in [0.15, 0.2) is 0 Å². The molecule has 0 bridgehead atoms. The molecule has 0 amide bonds. The molecule has 0 spiro atoms. The molecule has 1 saturated carbocycles. The topological polar surface area (TPSA) is 53.4 Å². The monoisotopic (exact) mass is 322 g/mol. The Balaban J connectivity index is 1.69. The number of aromatic nitrogens is 1. The standard InChI is InChI=1S/C17H26N2O2S/c1-11-16(22-12(2)18-11)10-19-8-14(15(9-19)17(20)21)13-6-4-3-5-7-13/h13-15H,3-10H2,1-2H3,(H,20,21)/t14-,15+/m1/s1. The van der Waals surface area contributed by atoms with Crippen molar-refractivity contribution in [2.75, 3.05) is 13.1 Å². The molecule has 1 aliphatic heterocycles. The summed E-state index contributed by atoms with van der Waals surface area (Å²) in [6.07, 6.45) is 6.33. The summed E-state index contributed by atoms with van der Waals surface area (Å²) in [5.41, 5.74) is 1.11. The van der Waals surface area contributed by atoms with Crippen LogP contribution in [0.3, 0.4) is 0 Å². The molecule has 2 heterocycles. The molecule has 0 radical (unpaired) electrons. The molecule has 3 rings (SSSR count). The summed E-state index contributed by atoms with van der Waals surface area (Å²) < 4.78 is 0. The predicted octanol–water partition coefficient (Wildman–Crippen LogP) is 3.47. The molecule has 1 aromatic heterocycles. The molecular formula is C17H26N2O2S. The van der Waals surface area contributed by atoms with Crippen LogP contribution in [0.15, 0.2) is 0 Å². The molecule has 2 atom stereocenters. The first kappa shape index (κ1) is 15.9. The Kier molecular flexibility index (Phi) is 4.83. The molecule has 0 aromatic carbocycles.